The Morgan fingerprint density at radius 1 is 1.19 bits per heavy atom. The zero-order chi connectivity index (χ0) is 18.7. The second-order valence-electron chi connectivity index (χ2n) is 8.06. The number of hydrogen-bond acceptors (Lipinski definition) is 2. The fourth-order valence-electron chi connectivity index (χ4n) is 4.59. The van der Waals surface area contributed by atoms with Crippen molar-refractivity contribution in [1.82, 2.24) is 9.80 Å². The van der Waals surface area contributed by atoms with Crippen LogP contribution < -0.4 is 5.32 Å². The molecule has 1 N–H and O–H groups in total. The maximum absolute atomic E-state index is 6.22. The molecule has 1 saturated heterocycles. The molecular weight excluding hydrogens is 362 g/mol. The van der Waals surface area contributed by atoms with Crippen LogP contribution in [0.15, 0.2) is 18.2 Å². The highest BCUT2D eigenvalue weighted by Crippen LogP contribution is 2.31. The van der Waals surface area contributed by atoms with Crippen LogP contribution in [0.3, 0.4) is 0 Å². The molecule has 2 aliphatic rings. The molecule has 0 amide bonds. The third-order valence-corrected chi connectivity index (χ3v) is 7.20. The average Bonchev–Trinajstić information content (AvgIpc) is 2.65. The average molecular weight is 394 g/mol. The van der Waals surface area contributed by atoms with Crippen molar-refractivity contribution in [2.45, 2.75) is 64.5 Å². The zero-order valence-electron chi connectivity index (χ0n) is 16.3. The number of hydrogen-bond donors (Lipinski definition) is 1. The molecule has 1 saturated carbocycles. The van der Waals surface area contributed by atoms with Gasteiger partial charge in [-0.3, -0.25) is 0 Å². The van der Waals surface area contributed by atoms with Gasteiger partial charge < -0.3 is 15.1 Å². The van der Waals surface area contributed by atoms with Gasteiger partial charge in [0.05, 0.1) is 0 Å². The second kappa shape index (κ2) is 8.90. The van der Waals surface area contributed by atoms with Gasteiger partial charge in [0, 0.05) is 35.9 Å². The predicted octanol–water partition coefficient (Wildman–Crippen LogP) is 5.32. The number of likely N-dealkylation sites (tertiary alicyclic amines) is 1. The van der Waals surface area contributed by atoms with Crippen LogP contribution in [-0.4, -0.2) is 47.1 Å². The number of halogens is 1. The maximum atomic E-state index is 6.22. The Labute approximate surface area is 169 Å². The first-order valence-corrected chi connectivity index (χ1v) is 10.8. The molecule has 0 unspecified atom stereocenters. The molecule has 2 fully saturated rings. The number of anilines is 1. The van der Waals surface area contributed by atoms with Crippen LogP contribution in [0.2, 0.25) is 5.02 Å². The van der Waals surface area contributed by atoms with E-state index in [1.807, 2.05) is 25.1 Å². The van der Waals surface area contributed by atoms with Crippen molar-refractivity contribution >= 4 is 34.6 Å². The largest absolute Gasteiger partial charge is 0.349 e. The highest BCUT2D eigenvalue weighted by atomic mass is 35.5. The lowest BCUT2D eigenvalue weighted by molar-refractivity contribution is 0.0691. The lowest BCUT2D eigenvalue weighted by Crippen LogP contribution is -2.51. The SMILES string of the molecule is Cc1c(Cl)cccc1NC(=S)N1CCC(N(C)[C@H]2CCCC[C@H]2C)CC1. The molecule has 1 aliphatic carbocycles. The fourth-order valence-corrected chi connectivity index (χ4v) is 5.05. The molecule has 0 aromatic heterocycles. The molecule has 1 heterocycles. The first-order valence-electron chi connectivity index (χ1n) is 10.0. The van der Waals surface area contributed by atoms with Crippen molar-refractivity contribution in [3.8, 4) is 0 Å². The summed E-state index contributed by atoms with van der Waals surface area (Å²) in [6, 6.07) is 7.37. The van der Waals surface area contributed by atoms with Crippen molar-refractivity contribution in [2.24, 2.45) is 5.92 Å². The third kappa shape index (κ3) is 4.52. The first-order chi connectivity index (χ1) is 12.5. The molecule has 2 atom stereocenters. The molecule has 0 radical (unpaired) electrons. The fraction of sp³-hybridized carbons (Fsp3) is 0.667. The minimum Gasteiger partial charge on any atom is -0.349 e. The number of piperidine rings is 1. The standard InChI is InChI=1S/C21H32ClN3S/c1-15-7-4-5-10-20(15)24(3)17-11-13-25(14-12-17)21(26)23-19-9-6-8-18(22)16(19)2/h6,8-9,15,17,20H,4-5,7,10-14H2,1-3H3,(H,23,26)/t15-,20+/m1/s1. The van der Waals surface area contributed by atoms with Gasteiger partial charge in [-0.1, -0.05) is 37.4 Å². The number of benzene rings is 1. The lowest BCUT2D eigenvalue weighted by atomic mass is 9.84. The first kappa shape index (κ1) is 19.9. The van der Waals surface area contributed by atoms with Crippen molar-refractivity contribution in [2.75, 3.05) is 25.5 Å². The van der Waals surface area contributed by atoms with E-state index in [2.05, 4.69) is 29.1 Å². The van der Waals surface area contributed by atoms with E-state index in [4.69, 9.17) is 23.8 Å². The second-order valence-corrected chi connectivity index (χ2v) is 8.85. The van der Waals surface area contributed by atoms with Crippen molar-refractivity contribution < 1.29 is 0 Å². The van der Waals surface area contributed by atoms with Gasteiger partial charge in [0.1, 0.15) is 0 Å². The van der Waals surface area contributed by atoms with Gasteiger partial charge in [-0.15, -0.1) is 0 Å². The Kier molecular flexibility index (Phi) is 6.81. The summed E-state index contributed by atoms with van der Waals surface area (Å²) in [6.07, 6.45) is 7.94. The van der Waals surface area contributed by atoms with Gasteiger partial charge in [0.25, 0.3) is 0 Å². The van der Waals surface area contributed by atoms with E-state index in [1.54, 1.807) is 0 Å². The zero-order valence-corrected chi connectivity index (χ0v) is 17.9. The van der Waals surface area contributed by atoms with Gasteiger partial charge in [-0.25, -0.2) is 0 Å². The molecule has 1 aliphatic heterocycles. The Bertz CT molecular complexity index is 628. The maximum Gasteiger partial charge on any atom is 0.173 e. The molecule has 0 bridgehead atoms. The molecule has 26 heavy (non-hydrogen) atoms. The number of thiocarbonyl (C=S) groups is 1. The van der Waals surface area contributed by atoms with Crippen LogP contribution in [-0.2, 0) is 0 Å². The van der Waals surface area contributed by atoms with E-state index >= 15 is 0 Å². The summed E-state index contributed by atoms with van der Waals surface area (Å²) in [6.45, 7) is 6.52. The predicted molar refractivity (Wildman–Crippen MR) is 116 cm³/mol. The highest BCUT2D eigenvalue weighted by Gasteiger charge is 2.31. The van der Waals surface area contributed by atoms with Crippen molar-refractivity contribution in [1.29, 1.82) is 0 Å². The van der Waals surface area contributed by atoms with Crippen LogP contribution in [0.25, 0.3) is 0 Å². The minimum absolute atomic E-state index is 0.688. The molecule has 1 aromatic carbocycles. The monoisotopic (exact) mass is 393 g/mol. The molecule has 1 aromatic rings. The van der Waals surface area contributed by atoms with Crippen LogP contribution >= 0.6 is 23.8 Å². The number of nitrogens with zero attached hydrogens (tertiary/aromatic N) is 2. The van der Waals surface area contributed by atoms with Crippen molar-refractivity contribution in [3.63, 3.8) is 0 Å². The summed E-state index contributed by atoms with van der Waals surface area (Å²) in [7, 11) is 2.35. The van der Waals surface area contributed by atoms with Crippen LogP contribution in [0.1, 0.15) is 51.0 Å². The highest BCUT2D eigenvalue weighted by molar-refractivity contribution is 7.80. The van der Waals surface area contributed by atoms with Gasteiger partial charge in [0.2, 0.25) is 0 Å². The van der Waals surface area contributed by atoms with E-state index in [1.165, 1.54) is 38.5 Å². The van der Waals surface area contributed by atoms with Crippen LogP contribution in [0, 0.1) is 12.8 Å². The molecule has 5 heteroatoms. The van der Waals surface area contributed by atoms with Crippen molar-refractivity contribution in [3.05, 3.63) is 28.8 Å². The minimum atomic E-state index is 0.688. The van der Waals surface area contributed by atoms with Gasteiger partial charge in [-0.05, 0) is 75.5 Å². The van der Waals surface area contributed by atoms with E-state index in [0.717, 1.165) is 46.4 Å². The summed E-state index contributed by atoms with van der Waals surface area (Å²) in [5.41, 5.74) is 2.06. The Morgan fingerprint density at radius 2 is 1.88 bits per heavy atom. The summed E-state index contributed by atoms with van der Waals surface area (Å²) in [5, 5.41) is 4.99. The number of rotatable bonds is 3. The van der Waals surface area contributed by atoms with Crippen LogP contribution in [0.4, 0.5) is 5.69 Å². The molecule has 3 nitrogen and oxygen atoms in total. The Morgan fingerprint density at radius 3 is 2.58 bits per heavy atom. The molecular formula is C21H32ClN3S. The Balaban J connectivity index is 1.53. The quantitative estimate of drug-likeness (QED) is 0.700. The lowest BCUT2D eigenvalue weighted by Gasteiger charge is -2.44. The molecule has 144 valence electrons. The summed E-state index contributed by atoms with van der Waals surface area (Å²) < 4.78 is 0. The van der Waals surface area contributed by atoms with E-state index < -0.39 is 0 Å². The molecule has 0 spiro atoms. The normalized spacial score (nSPS) is 24.7. The smallest absolute Gasteiger partial charge is 0.173 e. The van der Waals surface area contributed by atoms with Crippen LogP contribution in [0.5, 0.6) is 0 Å². The summed E-state index contributed by atoms with van der Waals surface area (Å²) in [4.78, 5) is 4.99. The van der Waals surface area contributed by atoms with E-state index in [0.29, 0.717) is 6.04 Å². The van der Waals surface area contributed by atoms with E-state index in [-0.39, 0.29) is 0 Å². The topological polar surface area (TPSA) is 18.5 Å². The number of nitrogens with one attached hydrogen (secondary N) is 1. The summed E-state index contributed by atoms with van der Waals surface area (Å²) in [5.74, 6) is 0.834. The van der Waals surface area contributed by atoms with Gasteiger partial charge in [-0.2, -0.15) is 0 Å². The third-order valence-electron chi connectivity index (χ3n) is 6.43. The molecule has 3 rings (SSSR count). The van der Waals surface area contributed by atoms with Gasteiger partial charge >= 0.3 is 0 Å². The summed E-state index contributed by atoms with van der Waals surface area (Å²) >= 11 is 11.9. The Hall–Kier alpha value is -0.840. The van der Waals surface area contributed by atoms with E-state index in [9.17, 15) is 0 Å². The van der Waals surface area contributed by atoms with Gasteiger partial charge in [0.15, 0.2) is 5.11 Å².